The van der Waals surface area contributed by atoms with E-state index in [-0.39, 0.29) is 12.4 Å². The topological polar surface area (TPSA) is 35.5 Å². The maximum Gasteiger partial charge on any atom is 0.346 e. The fraction of sp³-hybridized carbons (Fsp3) is 0.333. The molecule has 1 aliphatic carbocycles. The minimum absolute atomic E-state index is 0.200. The van der Waals surface area contributed by atoms with Crippen molar-refractivity contribution in [3.63, 3.8) is 0 Å². The Morgan fingerprint density at radius 3 is 2.38 bits per heavy atom. The highest BCUT2D eigenvalue weighted by atomic mass is 19.2. The first-order valence-corrected chi connectivity index (χ1v) is 8.84. The maximum absolute atomic E-state index is 14.1. The number of carbonyl (C=O) groups excluding carboxylic acids is 1. The van der Waals surface area contributed by atoms with Crippen LogP contribution in [0.1, 0.15) is 54.4 Å². The molecule has 137 valence electrons. The Bertz CT molecular complexity index is 766. The molecule has 5 heteroatoms. The Morgan fingerprint density at radius 1 is 1.04 bits per heavy atom. The van der Waals surface area contributed by atoms with Crippen molar-refractivity contribution >= 4 is 5.97 Å². The van der Waals surface area contributed by atoms with Gasteiger partial charge in [-0.15, -0.1) is 0 Å². The lowest BCUT2D eigenvalue weighted by atomic mass is 9.84. The molecule has 0 bridgehead atoms. The van der Waals surface area contributed by atoms with E-state index in [1.807, 2.05) is 12.1 Å². The molecule has 3 rings (SSSR count). The zero-order valence-corrected chi connectivity index (χ0v) is 14.6. The molecule has 0 unspecified atom stereocenters. The Hall–Kier alpha value is -2.43. The van der Waals surface area contributed by atoms with Crippen molar-refractivity contribution in [1.29, 1.82) is 0 Å². The number of hydrogen-bond acceptors (Lipinski definition) is 3. The van der Waals surface area contributed by atoms with Crippen LogP contribution in [0.25, 0.3) is 0 Å². The first kappa shape index (κ1) is 18.4. The normalized spacial score (nSPS) is 14.9. The van der Waals surface area contributed by atoms with Crippen molar-refractivity contribution in [3.8, 4) is 11.5 Å². The van der Waals surface area contributed by atoms with Crippen LogP contribution in [0, 0.1) is 18.1 Å². The summed E-state index contributed by atoms with van der Waals surface area (Å²) in [4.78, 5) is 12.2. The van der Waals surface area contributed by atoms with Crippen LogP contribution in [0.4, 0.5) is 8.78 Å². The Kier molecular flexibility index (Phi) is 5.86. The lowest BCUT2D eigenvalue weighted by Crippen LogP contribution is -2.12. The van der Waals surface area contributed by atoms with Crippen LogP contribution < -0.4 is 9.47 Å². The molecule has 0 aliphatic heterocycles. The summed E-state index contributed by atoms with van der Waals surface area (Å²) in [6.07, 6.45) is 6.77. The van der Waals surface area contributed by atoms with E-state index in [9.17, 15) is 13.6 Å². The average molecular weight is 359 g/mol. The zero-order valence-electron chi connectivity index (χ0n) is 14.6. The average Bonchev–Trinajstić information content (AvgIpc) is 2.67. The third-order valence-corrected chi connectivity index (χ3v) is 4.57. The van der Waals surface area contributed by atoms with Crippen molar-refractivity contribution in [2.24, 2.45) is 0 Å². The molecular weight excluding hydrogens is 338 g/mol. The summed E-state index contributed by atoms with van der Waals surface area (Å²) < 4.78 is 38.1. The number of rotatable bonds is 5. The lowest BCUT2D eigenvalue weighted by Gasteiger charge is -2.21. The first-order chi connectivity index (χ1) is 12.6. The van der Waals surface area contributed by atoms with Crippen LogP contribution in [-0.4, -0.2) is 12.6 Å². The van der Waals surface area contributed by atoms with Gasteiger partial charge in [-0.1, -0.05) is 12.1 Å². The van der Waals surface area contributed by atoms with Gasteiger partial charge in [-0.25, -0.2) is 9.18 Å². The molecule has 1 aliphatic rings. The molecule has 1 radical (unpaired) electrons. The van der Waals surface area contributed by atoms with Gasteiger partial charge in [0, 0.05) is 0 Å². The molecule has 3 nitrogen and oxygen atoms in total. The summed E-state index contributed by atoms with van der Waals surface area (Å²) in [5.41, 5.74) is 0.744. The fourth-order valence-electron chi connectivity index (χ4n) is 3.19. The van der Waals surface area contributed by atoms with Gasteiger partial charge in [-0.3, -0.25) is 0 Å². The highest BCUT2D eigenvalue weighted by Gasteiger charge is 2.21. The molecule has 2 aromatic rings. The molecule has 0 aromatic heterocycles. The molecule has 26 heavy (non-hydrogen) atoms. The highest BCUT2D eigenvalue weighted by Crippen LogP contribution is 2.33. The lowest BCUT2D eigenvalue weighted by molar-refractivity contribution is 0.0728. The molecule has 0 heterocycles. The van der Waals surface area contributed by atoms with Crippen molar-refractivity contribution in [2.75, 3.05) is 6.61 Å². The van der Waals surface area contributed by atoms with Crippen molar-refractivity contribution in [3.05, 3.63) is 65.6 Å². The molecule has 0 atom stereocenters. The summed E-state index contributed by atoms with van der Waals surface area (Å²) in [6.45, 7) is 1.86. The van der Waals surface area contributed by atoms with Gasteiger partial charge in [0.25, 0.3) is 0 Å². The Balaban J connectivity index is 1.70. The van der Waals surface area contributed by atoms with Crippen LogP contribution in [0.2, 0.25) is 0 Å². The van der Waals surface area contributed by atoms with Gasteiger partial charge in [0.05, 0.1) is 12.2 Å². The number of benzene rings is 2. The van der Waals surface area contributed by atoms with Gasteiger partial charge in [-0.2, -0.15) is 4.39 Å². The summed E-state index contributed by atoms with van der Waals surface area (Å²) in [5.74, 6) is -2.81. The number of carbonyl (C=O) groups is 1. The second kappa shape index (κ2) is 8.30. The van der Waals surface area contributed by atoms with E-state index in [1.54, 1.807) is 19.1 Å². The van der Waals surface area contributed by atoms with Gasteiger partial charge in [0.2, 0.25) is 5.82 Å². The zero-order chi connectivity index (χ0) is 18.5. The molecule has 0 spiro atoms. The quantitative estimate of drug-likeness (QED) is 0.526. The maximum atomic E-state index is 14.1. The fourth-order valence-corrected chi connectivity index (χ4v) is 3.19. The van der Waals surface area contributed by atoms with Crippen LogP contribution in [0.3, 0.4) is 0 Å². The number of hydrogen-bond donors (Lipinski definition) is 0. The molecule has 2 aromatic carbocycles. The summed E-state index contributed by atoms with van der Waals surface area (Å²) in [7, 11) is 0. The van der Waals surface area contributed by atoms with Crippen molar-refractivity contribution in [2.45, 2.75) is 38.5 Å². The second-order valence-corrected chi connectivity index (χ2v) is 6.27. The number of esters is 1. The largest absolute Gasteiger partial charge is 0.491 e. The van der Waals surface area contributed by atoms with Gasteiger partial charge in [0.1, 0.15) is 5.75 Å². The summed E-state index contributed by atoms with van der Waals surface area (Å²) in [6, 6.07) is 9.62. The van der Waals surface area contributed by atoms with E-state index in [4.69, 9.17) is 9.47 Å². The SMILES string of the molecule is CCOc1ccc(C(=O)Oc2ccc(C3CC[CH]CC3)cc2)c(F)c1F. The standard InChI is InChI=1S/C21H21F2O3/c1-2-25-18-13-12-17(19(22)20(18)23)21(24)26-16-10-8-15(9-11-16)14-6-4-3-5-7-14/h3,8-14H,2,4-7H2,1H3. The smallest absolute Gasteiger partial charge is 0.346 e. The second-order valence-electron chi connectivity index (χ2n) is 6.27. The van der Waals surface area contributed by atoms with Crippen LogP contribution >= 0.6 is 0 Å². The minimum atomic E-state index is -1.27. The van der Waals surface area contributed by atoms with E-state index in [0.29, 0.717) is 11.7 Å². The highest BCUT2D eigenvalue weighted by molar-refractivity contribution is 5.91. The van der Waals surface area contributed by atoms with Crippen LogP contribution in [0.15, 0.2) is 36.4 Å². The molecule has 1 fully saturated rings. The summed E-state index contributed by atoms with van der Waals surface area (Å²) >= 11 is 0. The van der Waals surface area contributed by atoms with Crippen molar-refractivity contribution < 1.29 is 23.0 Å². The van der Waals surface area contributed by atoms with E-state index in [2.05, 4.69) is 6.42 Å². The predicted molar refractivity (Wildman–Crippen MR) is 94.4 cm³/mol. The third kappa shape index (κ3) is 4.03. The van der Waals surface area contributed by atoms with Gasteiger partial charge >= 0.3 is 5.97 Å². The van der Waals surface area contributed by atoms with E-state index < -0.39 is 23.2 Å². The third-order valence-electron chi connectivity index (χ3n) is 4.57. The molecule has 0 N–H and O–H groups in total. The van der Waals surface area contributed by atoms with Gasteiger partial charge in [0.15, 0.2) is 11.6 Å². The van der Waals surface area contributed by atoms with E-state index in [0.717, 1.165) is 25.7 Å². The first-order valence-electron chi connectivity index (χ1n) is 8.84. The Morgan fingerprint density at radius 2 is 1.73 bits per heavy atom. The summed E-state index contributed by atoms with van der Waals surface area (Å²) in [5, 5.41) is 0. The Labute approximate surface area is 151 Å². The number of halogens is 2. The van der Waals surface area contributed by atoms with E-state index in [1.165, 1.54) is 17.7 Å². The molecular formula is C21H21F2O3. The van der Waals surface area contributed by atoms with Crippen LogP contribution in [0.5, 0.6) is 11.5 Å². The van der Waals surface area contributed by atoms with Gasteiger partial charge in [-0.05, 0) is 74.8 Å². The predicted octanol–water partition coefficient (Wildman–Crippen LogP) is 5.44. The van der Waals surface area contributed by atoms with Crippen LogP contribution in [-0.2, 0) is 0 Å². The van der Waals surface area contributed by atoms with Crippen molar-refractivity contribution in [1.82, 2.24) is 0 Å². The number of ether oxygens (including phenoxy) is 2. The van der Waals surface area contributed by atoms with Gasteiger partial charge < -0.3 is 9.47 Å². The molecule has 1 saturated carbocycles. The molecule has 0 amide bonds. The van der Waals surface area contributed by atoms with E-state index >= 15 is 0 Å². The minimum Gasteiger partial charge on any atom is -0.491 e. The monoisotopic (exact) mass is 359 g/mol. The molecule has 0 saturated heterocycles.